The molecule has 0 spiro atoms. The lowest BCUT2D eigenvalue weighted by molar-refractivity contribution is -0.126. The van der Waals surface area contributed by atoms with Gasteiger partial charge in [-0.25, -0.2) is 4.68 Å². The zero-order valence-corrected chi connectivity index (χ0v) is 14.3. The van der Waals surface area contributed by atoms with Crippen LogP contribution >= 0.6 is 0 Å². The third-order valence-corrected chi connectivity index (χ3v) is 4.71. The second-order valence-corrected chi connectivity index (χ2v) is 6.43. The Morgan fingerprint density at radius 2 is 2.08 bits per heavy atom. The van der Waals surface area contributed by atoms with E-state index in [9.17, 15) is 9.59 Å². The lowest BCUT2D eigenvalue weighted by Crippen LogP contribution is -2.47. The average Bonchev–Trinajstić information content (AvgIpc) is 3.24. The Kier molecular flexibility index (Phi) is 4.55. The molecule has 0 saturated heterocycles. The largest absolute Gasteiger partial charge is 0.344 e. The average molecular weight is 332 g/mol. The van der Waals surface area contributed by atoms with Crippen LogP contribution in [-0.2, 0) is 23.1 Å². The van der Waals surface area contributed by atoms with Crippen LogP contribution in [0.5, 0.6) is 0 Å². The third-order valence-electron chi connectivity index (χ3n) is 4.71. The van der Waals surface area contributed by atoms with E-state index in [0.717, 1.165) is 43.2 Å². The Bertz CT molecular complexity index is 756. The van der Waals surface area contributed by atoms with Crippen LogP contribution < -0.4 is 10.6 Å². The molecule has 8 nitrogen and oxygen atoms in total. The number of carbonyl (C=O) groups excluding carboxylic acids is 2. The van der Waals surface area contributed by atoms with Crippen molar-refractivity contribution in [2.75, 3.05) is 5.32 Å². The zero-order valence-electron chi connectivity index (χ0n) is 14.3. The highest BCUT2D eigenvalue weighted by atomic mass is 16.2. The maximum Gasteiger partial charge on any atom is 0.248 e. The predicted octanol–water partition coefficient (Wildman–Crippen LogP) is 1.49. The minimum absolute atomic E-state index is 0.187. The van der Waals surface area contributed by atoms with E-state index < -0.39 is 6.04 Å². The highest BCUT2D eigenvalue weighted by Gasteiger charge is 2.32. The van der Waals surface area contributed by atoms with Gasteiger partial charge in [-0.2, -0.15) is 10.2 Å². The first-order valence-electron chi connectivity index (χ1n) is 8.49. The Balaban J connectivity index is 1.85. The molecule has 130 valence electrons. The van der Waals surface area contributed by atoms with E-state index in [1.807, 2.05) is 14.0 Å². The van der Waals surface area contributed by atoms with Gasteiger partial charge in [-0.3, -0.25) is 14.7 Å². The maximum atomic E-state index is 12.8. The molecular weight excluding hydrogens is 308 g/mol. The number of anilines is 1. The molecule has 2 amide bonds. The smallest absolute Gasteiger partial charge is 0.248 e. The lowest BCUT2D eigenvalue weighted by atomic mass is 9.97. The van der Waals surface area contributed by atoms with Gasteiger partial charge in [0, 0.05) is 14.0 Å². The highest BCUT2D eigenvalue weighted by Crippen LogP contribution is 2.29. The topological polar surface area (TPSA) is 105 Å². The molecule has 3 rings (SSSR count). The number of fused-ring (bicyclic) bond motifs is 1. The van der Waals surface area contributed by atoms with Crippen molar-refractivity contribution < 1.29 is 9.59 Å². The number of hydrogen-bond donors (Lipinski definition) is 3. The van der Waals surface area contributed by atoms with E-state index in [0.29, 0.717) is 11.5 Å². The maximum absolute atomic E-state index is 12.8. The van der Waals surface area contributed by atoms with Crippen LogP contribution in [-0.4, -0.2) is 37.8 Å². The van der Waals surface area contributed by atoms with Crippen LogP contribution in [0, 0.1) is 5.92 Å². The minimum atomic E-state index is -0.509. The Morgan fingerprint density at radius 1 is 1.38 bits per heavy atom. The molecule has 1 fully saturated rings. The number of aromatic nitrogens is 4. The number of nitrogens with zero attached hydrogens (tertiary/aromatic N) is 3. The van der Waals surface area contributed by atoms with E-state index in [-0.39, 0.29) is 17.7 Å². The molecule has 1 atom stereocenters. The Hall–Kier alpha value is -2.38. The standard InChI is InChI=1S/C16H24N6O2/c1-4-11-12-14(19-20-15(12)22(3)21-11)18-16(24)13(17-9(2)23)10-7-5-6-8-10/h10,13H,4-8H2,1-3H3,(H,17,23)(H2,18,19,20,24)/t13-/m1/s1. The fourth-order valence-corrected chi connectivity index (χ4v) is 3.56. The van der Waals surface area contributed by atoms with Crippen molar-refractivity contribution in [1.82, 2.24) is 25.3 Å². The van der Waals surface area contributed by atoms with Crippen molar-refractivity contribution in [2.24, 2.45) is 13.0 Å². The Labute approximate surface area is 140 Å². The van der Waals surface area contributed by atoms with Crippen LogP contribution in [0.3, 0.4) is 0 Å². The first-order chi connectivity index (χ1) is 11.5. The van der Waals surface area contributed by atoms with Crippen LogP contribution in [0.15, 0.2) is 0 Å². The number of aryl methyl sites for hydroxylation is 2. The van der Waals surface area contributed by atoms with E-state index in [4.69, 9.17) is 0 Å². The molecule has 0 aliphatic heterocycles. The molecule has 1 aliphatic rings. The molecule has 2 aromatic heterocycles. The number of rotatable bonds is 5. The predicted molar refractivity (Wildman–Crippen MR) is 90.4 cm³/mol. The molecule has 0 radical (unpaired) electrons. The van der Waals surface area contributed by atoms with Crippen molar-refractivity contribution in [3.05, 3.63) is 5.69 Å². The van der Waals surface area contributed by atoms with Gasteiger partial charge in [0.1, 0.15) is 11.9 Å². The second kappa shape index (κ2) is 6.62. The van der Waals surface area contributed by atoms with E-state index in [2.05, 4.69) is 25.9 Å². The molecular formula is C16H24N6O2. The summed E-state index contributed by atoms with van der Waals surface area (Å²) >= 11 is 0. The summed E-state index contributed by atoms with van der Waals surface area (Å²) in [5, 5.41) is 18.1. The number of H-pyrrole nitrogens is 1. The summed E-state index contributed by atoms with van der Waals surface area (Å²) in [6.45, 7) is 3.46. The van der Waals surface area contributed by atoms with Crippen molar-refractivity contribution in [2.45, 2.75) is 52.0 Å². The van der Waals surface area contributed by atoms with Gasteiger partial charge in [0.05, 0.1) is 11.1 Å². The minimum Gasteiger partial charge on any atom is -0.344 e. The highest BCUT2D eigenvalue weighted by molar-refractivity contribution is 6.03. The SMILES string of the molecule is CCc1nn(C)c2n[nH]c(NC(=O)[C@H](NC(C)=O)C3CCCC3)c12. The van der Waals surface area contributed by atoms with Crippen LogP contribution in [0.4, 0.5) is 5.82 Å². The van der Waals surface area contributed by atoms with Gasteiger partial charge in [-0.1, -0.05) is 19.8 Å². The molecule has 0 unspecified atom stereocenters. The molecule has 1 saturated carbocycles. The fourth-order valence-electron chi connectivity index (χ4n) is 3.56. The van der Waals surface area contributed by atoms with E-state index in [1.54, 1.807) is 4.68 Å². The van der Waals surface area contributed by atoms with Gasteiger partial charge < -0.3 is 10.6 Å². The van der Waals surface area contributed by atoms with Gasteiger partial charge in [-0.15, -0.1) is 0 Å². The monoisotopic (exact) mass is 332 g/mol. The molecule has 24 heavy (non-hydrogen) atoms. The Morgan fingerprint density at radius 3 is 2.71 bits per heavy atom. The van der Waals surface area contributed by atoms with Crippen molar-refractivity contribution in [3.8, 4) is 0 Å². The number of nitrogens with one attached hydrogen (secondary N) is 3. The summed E-state index contributed by atoms with van der Waals surface area (Å²) in [7, 11) is 1.83. The second-order valence-electron chi connectivity index (χ2n) is 6.43. The van der Waals surface area contributed by atoms with Gasteiger partial charge >= 0.3 is 0 Å². The summed E-state index contributed by atoms with van der Waals surface area (Å²) < 4.78 is 1.70. The molecule has 2 heterocycles. The van der Waals surface area contributed by atoms with Crippen LogP contribution in [0.1, 0.15) is 45.2 Å². The van der Waals surface area contributed by atoms with E-state index >= 15 is 0 Å². The summed E-state index contributed by atoms with van der Waals surface area (Å²) in [5.74, 6) is 0.348. The van der Waals surface area contributed by atoms with Crippen LogP contribution in [0.2, 0.25) is 0 Å². The lowest BCUT2D eigenvalue weighted by Gasteiger charge is -2.22. The van der Waals surface area contributed by atoms with E-state index in [1.165, 1.54) is 6.92 Å². The third kappa shape index (κ3) is 3.00. The molecule has 0 bridgehead atoms. The summed E-state index contributed by atoms with van der Waals surface area (Å²) in [4.78, 5) is 24.3. The normalized spacial score (nSPS) is 16.5. The zero-order chi connectivity index (χ0) is 17.3. The quantitative estimate of drug-likeness (QED) is 0.771. The molecule has 0 aromatic carbocycles. The molecule has 2 aromatic rings. The van der Waals surface area contributed by atoms with Gasteiger partial charge in [0.2, 0.25) is 11.8 Å². The van der Waals surface area contributed by atoms with Gasteiger partial charge in [0.15, 0.2) is 5.65 Å². The van der Waals surface area contributed by atoms with Crippen LogP contribution in [0.25, 0.3) is 11.0 Å². The first kappa shape index (κ1) is 16.5. The fraction of sp³-hybridized carbons (Fsp3) is 0.625. The number of amides is 2. The van der Waals surface area contributed by atoms with Gasteiger partial charge in [0.25, 0.3) is 0 Å². The summed E-state index contributed by atoms with van der Waals surface area (Å²) in [6, 6.07) is -0.509. The summed E-state index contributed by atoms with van der Waals surface area (Å²) in [6.07, 6.45) is 4.88. The molecule has 3 N–H and O–H groups in total. The number of aromatic amines is 1. The molecule has 1 aliphatic carbocycles. The van der Waals surface area contributed by atoms with Crippen molar-refractivity contribution >= 4 is 28.7 Å². The number of carbonyl (C=O) groups is 2. The number of hydrogen-bond acceptors (Lipinski definition) is 4. The molecule has 8 heteroatoms. The van der Waals surface area contributed by atoms with Crippen molar-refractivity contribution in [3.63, 3.8) is 0 Å². The summed E-state index contributed by atoms with van der Waals surface area (Å²) in [5.41, 5.74) is 1.59. The first-order valence-corrected chi connectivity index (χ1v) is 8.49. The van der Waals surface area contributed by atoms with Crippen molar-refractivity contribution in [1.29, 1.82) is 0 Å². The van der Waals surface area contributed by atoms with Gasteiger partial charge in [-0.05, 0) is 25.2 Å².